The summed E-state index contributed by atoms with van der Waals surface area (Å²) >= 11 is 0. The fourth-order valence-electron chi connectivity index (χ4n) is 5.04. The van der Waals surface area contributed by atoms with E-state index in [0.29, 0.717) is 18.9 Å². The second-order valence-electron chi connectivity index (χ2n) is 9.91. The van der Waals surface area contributed by atoms with Crippen molar-refractivity contribution in [2.24, 2.45) is 11.8 Å². The fraction of sp³-hybridized carbons (Fsp3) is 0.680. The quantitative estimate of drug-likeness (QED) is 0.560. The van der Waals surface area contributed by atoms with E-state index < -0.39 is 5.54 Å². The molecule has 7 heteroatoms. The third-order valence-electron chi connectivity index (χ3n) is 7.14. The fourth-order valence-corrected chi connectivity index (χ4v) is 5.04. The lowest BCUT2D eigenvalue weighted by Gasteiger charge is -2.41. The highest BCUT2D eigenvalue weighted by molar-refractivity contribution is 6.07. The van der Waals surface area contributed by atoms with Crippen molar-refractivity contribution in [2.45, 2.75) is 51.5 Å². The van der Waals surface area contributed by atoms with E-state index in [1.54, 1.807) is 12.1 Å². The zero-order chi connectivity index (χ0) is 23.3. The summed E-state index contributed by atoms with van der Waals surface area (Å²) in [6, 6.07) is 6.01. The molecule has 0 unspecified atom stereocenters. The topological polar surface area (TPSA) is 55.9 Å². The molecule has 0 aliphatic carbocycles. The molecule has 2 aliphatic rings. The Morgan fingerprint density at radius 3 is 2.44 bits per heavy atom. The summed E-state index contributed by atoms with van der Waals surface area (Å²) in [6.07, 6.45) is 4.04. The van der Waals surface area contributed by atoms with Crippen LogP contribution >= 0.6 is 0 Å². The molecule has 2 aliphatic heterocycles. The summed E-state index contributed by atoms with van der Waals surface area (Å²) in [6.45, 7) is 8.66. The van der Waals surface area contributed by atoms with Gasteiger partial charge >= 0.3 is 6.03 Å². The number of rotatable bonds is 10. The first-order chi connectivity index (χ1) is 15.2. The zero-order valence-electron chi connectivity index (χ0n) is 20.1. The Kier molecular flexibility index (Phi) is 8.28. The van der Waals surface area contributed by atoms with Crippen LogP contribution in [0.25, 0.3) is 0 Å². The minimum atomic E-state index is -0.949. The molecule has 0 bridgehead atoms. The number of piperidine rings is 1. The van der Waals surface area contributed by atoms with Crippen molar-refractivity contribution in [3.8, 4) is 0 Å². The number of imide groups is 1. The number of nitrogens with zero attached hydrogens (tertiary/aromatic N) is 3. The number of carbonyl (C=O) groups excluding carboxylic acids is 2. The summed E-state index contributed by atoms with van der Waals surface area (Å²) in [5.74, 6) is 0.301. The van der Waals surface area contributed by atoms with Gasteiger partial charge in [-0.25, -0.2) is 9.18 Å². The molecule has 6 nitrogen and oxygen atoms in total. The Hall–Kier alpha value is -1.99. The Balaban J connectivity index is 1.79. The molecule has 2 heterocycles. The second-order valence-corrected chi connectivity index (χ2v) is 9.91. The van der Waals surface area contributed by atoms with Crippen LogP contribution in [0.2, 0.25) is 0 Å². The number of carbonyl (C=O) groups is 2. The summed E-state index contributed by atoms with van der Waals surface area (Å²) in [7, 11) is 3.97. The number of hydrogen-bond acceptors (Lipinski definition) is 4. The lowest BCUT2D eigenvalue weighted by atomic mass is 9.73. The van der Waals surface area contributed by atoms with Crippen molar-refractivity contribution in [1.82, 2.24) is 20.0 Å². The number of halogens is 1. The van der Waals surface area contributed by atoms with Crippen LogP contribution < -0.4 is 5.32 Å². The van der Waals surface area contributed by atoms with Gasteiger partial charge in [-0.1, -0.05) is 32.4 Å². The van der Waals surface area contributed by atoms with Crippen molar-refractivity contribution < 1.29 is 14.0 Å². The molecule has 1 aromatic carbocycles. The van der Waals surface area contributed by atoms with Gasteiger partial charge in [-0.05, 0) is 82.5 Å². The Morgan fingerprint density at radius 1 is 1.19 bits per heavy atom. The minimum Gasteiger partial charge on any atom is -0.322 e. The van der Waals surface area contributed by atoms with E-state index in [0.717, 1.165) is 57.4 Å². The van der Waals surface area contributed by atoms with Crippen LogP contribution in [0.4, 0.5) is 9.18 Å². The molecule has 32 heavy (non-hydrogen) atoms. The van der Waals surface area contributed by atoms with Gasteiger partial charge in [0.15, 0.2) is 0 Å². The number of nitrogens with one attached hydrogen (secondary N) is 1. The van der Waals surface area contributed by atoms with Crippen LogP contribution in [-0.4, -0.2) is 79.0 Å². The number of likely N-dealkylation sites (tertiary alicyclic amines) is 1. The molecule has 0 saturated carbocycles. The number of urea groups is 1. The number of amides is 3. The molecule has 3 amide bonds. The van der Waals surface area contributed by atoms with Crippen LogP contribution in [0.3, 0.4) is 0 Å². The average Bonchev–Trinajstić information content (AvgIpc) is 3.00. The molecule has 1 N–H and O–H groups in total. The highest BCUT2D eigenvalue weighted by Crippen LogP contribution is 2.37. The van der Waals surface area contributed by atoms with Crippen LogP contribution in [0.15, 0.2) is 24.3 Å². The first kappa shape index (κ1) is 24.6. The first-order valence-electron chi connectivity index (χ1n) is 12.0. The number of benzene rings is 1. The van der Waals surface area contributed by atoms with Gasteiger partial charge in [0.2, 0.25) is 0 Å². The van der Waals surface area contributed by atoms with E-state index in [9.17, 15) is 14.0 Å². The highest BCUT2D eigenvalue weighted by atomic mass is 19.1. The van der Waals surface area contributed by atoms with Crippen LogP contribution in [0, 0.1) is 17.7 Å². The van der Waals surface area contributed by atoms with Gasteiger partial charge in [-0.2, -0.15) is 0 Å². The van der Waals surface area contributed by atoms with Crippen molar-refractivity contribution in [3.05, 3.63) is 35.6 Å². The molecular weight excluding hydrogens is 407 g/mol. The van der Waals surface area contributed by atoms with Crippen molar-refractivity contribution >= 4 is 11.9 Å². The normalized spacial score (nSPS) is 23.8. The van der Waals surface area contributed by atoms with Gasteiger partial charge < -0.3 is 15.1 Å². The van der Waals surface area contributed by atoms with E-state index in [-0.39, 0.29) is 23.7 Å². The number of hydrogen-bond donors (Lipinski definition) is 1. The van der Waals surface area contributed by atoms with Crippen molar-refractivity contribution in [2.75, 3.05) is 46.8 Å². The van der Waals surface area contributed by atoms with E-state index in [1.807, 2.05) is 14.1 Å². The molecule has 0 spiro atoms. The van der Waals surface area contributed by atoms with Crippen LogP contribution in [0.5, 0.6) is 0 Å². The standard InChI is InChI=1S/C25H39FN4O2/c1-5-19(2)18-29-15-11-21(12-16-29)25(17-20-7-9-22(26)10-8-20)23(31)30(24(32)27-25)14-6-13-28(3)4/h7-10,19,21H,5-6,11-18H2,1-4H3,(H,27,32)/t19-,25-/m1/s1. The molecule has 0 radical (unpaired) electrons. The first-order valence-corrected chi connectivity index (χ1v) is 12.0. The highest BCUT2D eigenvalue weighted by Gasteiger charge is 2.55. The molecule has 2 saturated heterocycles. The van der Waals surface area contributed by atoms with E-state index in [1.165, 1.54) is 17.0 Å². The molecule has 0 aromatic heterocycles. The van der Waals surface area contributed by atoms with Gasteiger partial charge in [0.05, 0.1) is 0 Å². The molecule has 2 atom stereocenters. The minimum absolute atomic E-state index is 0.0658. The largest absolute Gasteiger partial charge is 0.325 e. The van der Waals surface area contributed by atoms with E-state index in [2.05, 4.69) is 29.0 Å². The maximum absolute atomic E-state index is 13.7. The van der Waals surface area contributed by atoms with Gasteiger partial charge in [-0.15, -0.1) is 0 Å². The summed E-state index contributed by atoms with van der Waals surface area (Å²) in [5, 5.41) is 3.12. The molecule has 178 valence electrons. The third kappa shape index (κ3) is 5.67. The average molecular weight is 447 g/mol. The van der Waals surface area contributed by atoms with Crippen molar-refractivity contribution in [1.29, 1.82) is 0 Å². The summed E-state index contributed by atoms with van der Waals surface area (Å²) in [4.78, 5) is 32.6. The Labute approximate surface area is 192 Å². The van der Waals surface area contributed by atoms with Gasteiger partial charge in [0, 0.05) is 19.5 Å². The van der Waals surface area contributed by atoms with Gasteiger partial charge in [0.1, 0.15) is 11.4 Å². The summed E-state index contributed by atoms with van der Waals surface area (Å²) in [5.41, 5.74) is -0.0765. The van der Waals surface area contributed by atoms with Gasteiger partial charge in [0.25, 0.3) is 5.91 Å². The maximum atomic E-state index is 13.7. The predicted molar refractivity (Wildman–Crippen MR) is 125 cm³/mol. The summed E-state index contributed by atoms with van der Waals surface area (Å²) < 4.78 is 13.5. The molecule has 3 rings (SSSR count). The molecule has 1 aromatic rings. The van der Waals surface area contributed by atoms with Crippen LogP contribution in [0.1, 0.15) is 45.1 Å². The Bertz CT molecular complexity index is 777. The van der Waals surface area contributed by atoms with Crippen molar-refractivity contribution in [3.63, 3.8) is 0 Å². The van der Waals surface area contributed by atoms with Gasteiger partial charge in [-0.3, -0.25) is 9.69 Å². The maximum Gasteiger partial charge on any atom is 0.325 e. The zero-order valence-corrected chi connectivity index (χ0v) is 20.1. The predicted octanol–water partition coefficient (Wildman–Crippen LogP) is 3.37. The second kappa shape index (κ2) is 10.8. The van der Waals surface area contributed by atoms with Crippen LogP contribution in [-0.2, 0) is 11.2 Å². The lowest BCUT2D eigenvalue weighted by molar-refractivity contribution is -0.134. The smallest absolute Gasteiger partial charge is 0.322 e. The monoisotopic (exact) mass is 446 g/mol. The third-order valence-corrected chi connectivity index (χ3v) is 7.14. The lowest BCUT2D eigenvalue weighted by Crippen LogP contribution is -2.57. The van der Waals surface area contributed by atoms with E-state index >= 15 is 0 Å². The Morgan fingerprint density at radius 2 is 1.84 bits per heavy atom. The molecular formula is C25H39FN4O2. The molecule has 2 fully saturated rings. The SMILES string of the molecule is CC[C@@H](C)CN1CCC([C@@]2(Cc3ccc(F)cc3)NC(=O)N(CCCN(C)C)C2=O)CC1. The van der Waals surface area contributed by atoms with E-state index in [4.69, 9.17) is 0 Å².